The molecular weight excluding hydrogens is 234 g/mol. The molecule has 1 rings (SSSR count). The number of hydrogen-bond acceptors (Lipinski definition) is 1. The van der Waals surface area contributed by atoms with E-state index in [2.05, 4.69) is 45.0 Å². The van der Waals surface area contributed by atoms with Gasteiger partial charge >= 0.3 is 0 Å². The van der Waals surface area contributed by atoms with Gasteiger partial charge in [-0.1, -0.05) is 51.5 Å². The van der Waals surface area contributed by atoms with Crippen molar-refractivity contribution in [3.05, 3.63) is 35.4 Å². The summed E-state index contributed by atoms with van der Waals surface area (Å²) in [4.78, 5) is 13.8. The zero-order valence-electron chi connectivity index (χ0n) is 12.8. The van der Waals surface area contributed by atoms with Gasteiger partial charge in [0.2, 0.25) is 5.91 Å². The summed E-state index contributed by atoms with van der Waals surface area (Å²) in [6.45, 7) is 7.45. The first kappa shape index (κ1) is 15.7. The first-order valence-electron chi connectivity index (χ1n) is 7.34. The van der Waals surface area contributed by atoms with E-state index in [0.29, 0.717) is 12.3 Å². The van der Waals surface area contributed by atoms with Crippen molar-refractivity contribution in [3.8, 4) is 0 Å². The van der Waals surface area contributed by atoms with Crippen LogP contribution in [0, 0.1) is 5.92 Å². The SMILES string of the molecule is CCCCN(C)C(=O)Cc1ccc(CC(C)C)cc1. The minimum Gasteiger partial charge on any atom is -0.345 e. The van der Waals surface area contributed by atoms with Crippen molar-refractivity contribution in [2.24, 2.45) is 5.92 Å². The van der Waals surface area contributed by atoms with Gasteiger partial charge in [0.15, 0.2) is 0 Å². The van der Waals surface area contributed by atoms with E-state index in [9.17, 15) is 4.79 Å². The second-order valence-electron chi connectivity index (χ2n) is 5.76. The van der Waals surface area contributed by atoms with E-state index in [1.165, 1.54) is 5.56 Å². The molecule has 0 heterocycles. The predicted octanol–water partition coefficient (Wildman–Crippen LogP) is 3.69. The Morgan fingerprint density at radius 3 is 2.26 bits per heavy atom. The van der Waals surface area contributed by atoms with Gasteiger partial charge < -0.3 is 4.90 Å². The Morgan fingerprint density at radius 2 is 1.74 bits per heavy atom. The molecule has 1 amide bonds. The molecule has 0 aliphatic heterocycles. The number of unbranched alkanes of at least 4 members (excludes halogenated alkanes) is 1. The van der Waals surface area contributed by atoms with E-state index in [-0.39, 0.29) is 5.91 Å². The third-order valence-corrected chi connectivity index (χ3v) is 3.30. The fourth-order valence-electron chi connectivity index (χ4n) is 2.09. The smallest absolute Gasteiger partial charge is 0.226 e. The molecule has 1 aromatic rings. The van der Waals surface area contributed by atoms with Crippen molar-refractivity contribution in [2.75, 3.05) is 13.6 Å². The van der Waals surface area contributed by atoms with Gasteiger partial charge in [-0.25, -0.2) is 0 Å². The fourth-order valence-corrected chi connectivity index (χ4v) is 2.09. The van der Waals surface area contributed by atoms with Gasteiger partial charge in [-0.3, -0.25) is 4.79 Å². The number of carbonyl (C=O) groups is 1. The molecule has 0 saturated heterocycles. The van der Waals surface area contributed by atoms with Crippen LogP contribution in [-0.2, 0) is 17.6 Å². The van der Waals surface area contributed by atoms with E-state index in [4.69, 9.17) is 0 Å². The van der Waals surface area contributed by atoms with Crippen molar-refractivity contribution in [1.82, 2.24) is 4.90 Å². The van der Waals surface area contributed by atoms with E-state index >= 15 is 0 Å². The summed E-state index contributed by atoms with van der Waals surface area (Å²) in [5.41, 5.74) is 2.46. The monoisotopic (exact) mass is 261 g/mol. The molecule has 0 spiro atoms. The van der Waals surface area contributed by atoms with Crippen LogP contribution in [0.15, 0.2) is 24.3 Å². The molecule has 0 aliphatic carbocycles. The molecule has 19 heavy (non-hydrogen) atoms. The second kappa shape index (κ2) is 7.98. The lowest BCUT2D eigenvalue weighted by molar-refractivity contribution is -0.129. The Kier molecular flexibility index (Phi) is 6.61. The highest BCUT2D eigenvalue weighted by molar-refractivity contribution is 5.78. The maximum Gasteiger partial charge on any atom is 0.226 e. The van der Waals surface area contributed by atoms with Crippen molar-refractivity contribution >= 4 is 5.91 Å². The molecular formula is C17H27NO. The predicted molar refractivity (Wildman–Crippen MR) is 81.2 cm³/mol. The Balaban J connectivity index is 2.50. The van der Waals surface area contributed by atoms with Gasteiger partial charge in [-0.2, -0.15) is 0 Å². The topological polar surface area (TPSA) is 20.3 Å². The minimum atomic E-state index is 0.213. The second-order valence-corrected chi connectivity index (χ2v) is 5.76. The number of likely N-dealkylation sites (N-methyl/N-ethyl adjacent to an activating group) is 1. The minimum absolute atomic E-state index is 0.213. The fraction of sp³-hybridized carbons (Fsp3) is 0.588. The van der Waals surface area contributed by atoms with E-state index in [1.807, 2.05) is 11.9 Å². The molecule has 0 unspecified atom stereocenters. The number of nitrogens with zero attached hydrogens (tertiary/aromatic N) is 1. The molecule has 0 aromatic heterocycles. The average Bonchev–Trinajstić information content (AvgIpc) is 2.37. The summed E-state index contributed by atoms with van der Waals surface area (Å²) in [5, 5.41) is 0. The van der Waals surface area contributed by atoms with Crippen LogP contribution in [0.2, 0.25) is 0 Å². The van der Waals surface area contributed by atoms with Gasteiger partial charge in [0, 0.05) is 13.6 Å². The van der Waals surface area contributed by atoms with Crippen molar-refractivity contribution in [3.63, 3.8) is 0 Å². The van der Waals surface area contributed by atoms with Crippen LogP contribution in [0.1, 0.15) is 44.7 Å². The maximum atomic E-state index is 12.0. The summed E-state index contributed by atoms with van der Waals surface area (Å²) in [7, 11) is 1.89. The number of amides is 1. The Hall–Kier alpha value is -1.31. The first-order valence-corrected chi connectivity index (χ1v) is 7.34. The highest BCUT2D eigenvalue weighted by Crippen LogP contribution is 2.11. The Bertz CT molecular complexity index is 381. The quantitative estimate of drug-likeness (QED) is 0.733. The highest BCUT2D eigenvalue weighted by Gasteiger charge is 2.09. The van der Waals surface area contributed by atoms with Crippen molar-refractivity contribution in [2.45, 2.75) is 46.5 Å². The van der Waals surface area contributed by atoms with Crippen LogP contribution in [0.25, 0.3) is 0 Å². The third kappa shape index (κ3) is 5.91. The van der Waals surface area contributed by atoms with Crippen LogP contribution in [0.4, 0.5) is 0 Å². The Morgan fingerprint density at radius 1 is 1.16 bits per heavy atom. The zero-order chi connectivity index (χ0) is 14.3. The molecule has 0 N–H and O–H groups in total. The molecule has 0 atom stereocenters. The summed E-state index contributed by atoms with van der Waals surface area (Å²) in [6, 6.07) is 8.47. The summed E-state index contributed by atoms with van der Waals surface area (Å²) in [5.74, 6) is 0.887. The van der Waals surface area contributed by atoms with Crippen LogP contribution >= 0.6 is 0 Å². The van der Waals surface area contributed by atoms with E-state index in [1.54, 1.807) is 0 Å². The lowest BCUT2D eigenvalue weighted by Gasteiger charge is -2.16. The van der Waals surface area contributed by atoms with Gasteiger partial charge in [0.25, 0.3) is 0 Å². The zero-order valence-corrected chi connectivity index (χ0v) is 12.8. The molecule has 0 fully saturated rings. The van der Waals surface area contributed by atoms with Crippen LogP contribution in [-0.4, -0.2) is 24.4 Å². The van der Waals surface area contributed by atoms with Crippen molar-refractivity contribution < 1.29 is 4.79 Å². The van der Waals surface area contributed by atoms with Crippen molar-refractivity contribution in [1.29, 1.82) is 0 Å². The lowest BCUT2D eigenvalue weighted by Crippen LogP contribution is -2.29. The van der Waals surface area contributed by atoms with Gasteiger partial charge in [0.1, 0.15) is 0 Å². The van der Waals surface area contributed by atoms with Gasteiger partial charge in [-0.15, -0.1) is 0 Å². The maximum absolute atomic E-state index is 12.0. The Labute approximate surface area is 117 Å². The average molecular weight is 261 g/mol. The molecule has 106 valence electrons. The lowest BCUT2D eigenvalue weighted by atomic mass is 10.0. The van der Waals surface area contributed by atoms with Gasteiger partial charge in [0.05, 0.1) is 6.42 Å². The molecule has 0 saturated carbocycles. The number of benzene rings is 1. The van der Waals surface area contributed by atoms with Crippen LogP contribution < -0.4 is 0 Å². The molecule has 2 nitrogen and oxygen atoms in total. The molecule has 1 aromatic carbocycles. The van der Waals surface area contributed by atoms with Crippen LogP contribution in [0.5, 0.6) is 0 Å². The molecule has 0 radical (unpaired) electrons. The van der Waals surface area contributed by atoms with Crippen LogP contribution in [0.3, 0.4) is 0 Å². The van der Waals surface area contributed by atoms with E-state index in [0.717, 1.165) is 31.4 Å². The molecule has 2 heteroatoms. The number of rotatable bonds is 7. The standard InChI is InChI=1S/C17H27NO/c1-5-6-11-18(4)17(19)13-16-9-7-15(8-10-16)12-14(2)3/h7-10,14H,5-6,11-13H2,1-4H3. The summed E-state index contributed by atoms with van der Waals surface area (Å²) >= 11 is 0. The number of hydrogen-bond donors (Lipinski definition) is 0. The largest absolute Gasteiger partial charge is 0.345 e. The summed E-state index contributed by atoms with van der Waals surface area (Å²) < 4.78 is 0. The molecule has 0 aliphatic rings. The summed E-state index contributed by atoms with van der Waals surface area (Å²) in [6.07, 6.45) is 3.82. The number of carbonyl (C=O) groups excluding carboxylic acids is 1. The third-order valence-electron chi connectivity index (χ3n) is 3.30. The normalized spacial score (nSPS) is 10.8. The van der Waals surface area contributed by atoms with E-state index < -0.39 is 0 Å². The highest BCUT2D eigenvalue weighted by atomic mass is 16.2. The molecule has 0 bridgehead atoms. The first-order chi connectivity index (χ1) is 9.02. The van der Waals surface area contributed by atoms with Gasteiger partial charge in [-0.05, 0) is 29.9 Å².